The maximum Gasteiger partial charge on any atom is 0.315 e. The van der Waals surface area contributed by atoms with Crippen molar-refractivity contribution < 1.29 is 24.5 Å². The zero-order chi connectivity index (χ0) is 14.4. The van der Waals surface area contributed by atoms with Gasteiger partial charge in [-0.1, -0.05) is 12.1 Å². The molecule has 2 N–H and O–H groups in total. The average molecular weight is 264 g/mol. The lowest BCUT2D eigenvalue weighted by Gasteiger charge is -2.16. The minimum absolute atomic E-state index is 0.142. The fraction of sp³-hybridized carbons (Fsp3) is 0.429. The number of aryl methyl sites for hydroxylation is 2. The van der Waals surface area contributed by atoms with Crippen LogP contribution in [0.1, 0.15) is 23.1 Å². The number of benzene rings is 1. The van der Waals surface area contributed by atoms with Crippen molar-refractivity contribution in [3.63, 3.8) is 0 Å². The van der Waals surface area contributed by atoms with E-state index in [-0.39, 0.29) is 6.42 Å². The molecule has 0 amide bonds. The van der Waals surface area contributed by atoms with E-state index in [4.69, 9.17) is 9.84 Å². The van der Waals surface area contributed by atoms with E-state index < -0.39 is 23.3 Å². The van der Waals surface area contributed by atoms with Crippen LogP contribution >= 0.6 is 0 Å². The van der Waals surface area contributed by atoms with Gasteiger partial charge in [0.05, 0.1) is 13.0 Å². The number of rotatable bonds is 4. The van der Waals surface area contributed by atoms with Crippen LogP contribution in [0.4, 0.5) is 0 Å². The van der Waals surface area contributed by atoms with Gasteiger partial charge in [0.1, 0.15) is 11.2 Å². The van der Waals surface area contributed by atoms with E-state index >= 15 is 0 Å². The van der Waals surface area contributed by atoms with E-state index in [2.05, 4.69) is 0 Å². The van der Waals surface area contributed by atoms with Crippen LogP contribution in [0.5, 0.6) is 5.75 Å². The third-order valence-corrected chi connectivity index (χ3v) is 3.82. The smallest absolute Gasteiger partial charge is 0.315 e. The Labute approximate surface area is 110 Å². The van der Waals surface area contributed by atoms with Crippen molar-refractivity contribution >= 4 is 11.9 Å². The molecule has 5 heteroatoms. The molecule has 1 aliphatic carbocycles. The first-order valence-electron chi connectivity index (χ1n) is 5.96. The van der Waals surface area contributed by atoms with E-state index in [9.17, 15) is 14.7 Å². The number of hydrogen-bond acceptors (Lipinski definition) is 3. The van der Waals surface area contributed by atoms with Gasteiger partial charge in [0.25, 0.3) is 0 Å². The van der Waals surface area contributed by atoms with Gasteiger partial charge in [0.15, 0.2) is 0 Å². The van der Waals surface area contributed by atoms with Gasteiger partial charge < -0.3 is 14.9 Å². The van der Waals surface area contributed by atoms with Gasteiger partial charge in [-0.25, -0.2) is 0 Å². The summed E-state index contributed by atoms with van der Waals surface area (Å²) < 4.78 is 5.23. The zero-order valence-corrected chi connectivity index (χ0v) is 11.1. The van der Waals surface area contributed by atoms with Gasteiger partial charge in [-0.15, -0.1) is 0 Å². The normalized spacial score (nSPS) is 24.9. The van der Waals surface area contributed by atoms with E-state index in [0.29, 0.717) is 11.3 Å². The number of hydrogen-bond donors (Lipinski definition) is 2. The second-order valence-electron chi connectivity index (χ2n) is 5.01. The molecule has 0 saturated heterocycles. The molecule has 5 nitrogen and oxygen atoms in total. The Morgan fingerprint density at radius 3 is 2.11 bits per heavy atom. The van der Waals surface area contributed by atoms with Crippen molar-refractivity contribution in [2.45, 2.75) is 25.7 Å². The highest BCUT2D eigenvalue weighted by Crippen LogP contribution is 2.55. The number of carbonyl (C=O) groups is 2. The fourth-order valence-electron chi connectivity index (χ4n) is 2.77. The quantitative estimate of drug-likeness (QED) is 0.865. The molecule has 2 atom stereocenters. The second-order valence-corrected chi connectivity index (χ2v) is 5.01. The van der Waals surface area contributed by atoms with Crippen molar-refractivity contribution in [3.8, 4) is 5.75 Å². The largest absolute Gasteiger partial charge is 0.496 e. The first-order valence-corrected chi connectivity index (χ1v) is 5.96. The van der Waals surface area contributed by atoms with Crippen LogP contribution < -0.4 is 4.74 Å². The van der Waals surface area contributed by atoms with Gasteiger partial charge in [-0.3, -0.25) is 9.59 Å². The van der Waals surface area contributed by atoms with Crippen LogP contribution in [-0.2, 0) is 15.0 Å². The van der Waals surface area contributed by atoms with E-state index in [1.54, 1.807) is 19.2 Å². The summed E-state index contributed by atoms with van der Waals surface area (Å²) in [7, 11) is 1.55. The molecule has 1 saturated carbocycles. The van der Waals surface area contributed by atoms with Crippen molar-refractivity contribution in [1.82, 2.24) is 0 Å². The van der Waals surface area contributed by atoms with Crippen LogP contribution in [0.15, 0.2) is 12.1 Å². The Hall–Kier alpha value is -2.04. The average Bonchev–Trinajstić information content (AvgIpc) is 3.04. The van der Waals surface area contributed by atoms with E-state index in [1.807, 2.05) is 13.8 Å². The van der Waals surface area contributed by atoms with E-state index in [0.717, 1.165) is 11.1 Å². The Morgan fingerprint density at radius 2 is 1.79 bits per heavy atom. The highest BCUT2D eigenvalue weighted by atomic mass is 16.5. The van der Waals surface area contributed by atoms with Gasteiger partial charge in [0, 0.05) is 0 Å². The molecular weight excluding hydrogens is 248 g/mol. The van der Waals surface area contributed by atoms with Crippen LogP contribution in [0.3, 0.4) is 0 Å². The summed E-state index contributed by atoms with van der Waals surface area (Å²) in [5, 5.41) is 18.4. The molecule has 1 aliphatic rings. The first-order chi connectivity index (χ1) is 8.84. The molecule has 1 aromatic rings. The maximum atomic E-state index is 11.5. The Kier molecular flexibility index (Phi) is 3.00. The van der Waals surface area contributed by atoms with Crippen molar-refractivity contribution in [3.05, 3.63) is 28.8 Å². The second kappa shape index (κ2) is 4.26. The predicted octanol–water partition coefficient (Wildman–Crippen LogP) is 1.74. The minimum Gasteiger partial charge on any atom is -0.496 e. The Morgan fingerprint density at radius 1 is 1.26 bits per heavy atom. The number of carboxylic acid groups (broad SMARTS) is 2. The Bertz CT molecular complexity index is 540. The number of aliphatic carboxylic acids is 2. The van der Waals surface area contributed by atoms with Gasteiger partial charge in [-0.05, 0) is 37.0 Å². The molecule has 1 fully saturated rings. The lowest BCUT2D eigenvalue weighted by Crippen LogP contribution is -2.25. The molecule has 0 spiro atoms. The summed E-state index contributed by atoms with van der Waals surface area (Å²) in [6.45, 7) is 3.64. The molecule has 2 unspecified atom stereocenters. The van der Waals surface area contributed by atoms with Crippen molar-refractivity contribution in [2.75, 3.05) is 7.11 Å². The Balaban J connectivity index is 2.52. The molecule has 19 heavy (non-hydrogen) atoms. The van der Waals surface area contributed by atoms with Crippen LogP contribution in [-0.4, -0.2) is 29.3 Å². The summed E-state index contributed by atoms with van der Waals surface area (Å²) >= 11 is 0. The van der Waals surface area contributed by atoms with Crippen molar-refractivity contribution in [2.24, 2.45) is 5.92 Å². The molecule has 0 aliphatic heterocycles. The van der Waals surface area contributed by atoms with E-state index in [1.165, 1.54) is 0 Å². The molecule has 0 aromatic heterocycles. The fourth-order valence-corrected chi connectivity index (χ4v) is 2.77. The summed E-state index contributed by atoms with van der Waals surface area (Å²) in [5.41, 5.74) is 0.889. The highest BCUT2D eigenvalue weighted by molar-refractivity contribution is 5.95. The number of carboxylic acids is 2. The summed E-state index contributed by atoms with van der Waals surface area (Å²) in [5.74, 6) is -2.29. The molecule has 2 rings (SSSR count). The summed E-state index contributed by atoms with van der Waals surface area (Å²) in [6.07, 6.45) is 0.142. The van der Waals surface area contributed by atoms with Crippen LogP contribution in [0.25, 0.3) is 0 Å². The zero-order valence-electron chi connectivity index (χ0n) is 11.1. The van der Waals surface area contributed by atoms with Gasteiger partial charge in [0.2, 0.25) is 0 Å². The molecule has 0 bridgehead atoms. The molecule has 0 heterocycles. The summed E-state index contributed by atoms with van der Waals surface area (Å²) in [6, 6.07) is 3.42. The lowest BCUT2D eigenvalue weighted by molar-refractivity contribution is -0.145. The number of methoxy groups -OCH3 is 1. The molecule has 1 aromatic carbocycles. The van der Waals surface area contributed by atoms with Crippen molar-refractivity contribution in [1.29, 1.82) is 0 Å². The standard InChI is InChI=1S/C14H16O5/c1-7-4-9(5-8(2)11(7)19-3)14(13(17)18)6-10(14)12(15)16/h4-5,10H,6H2,1-3H3,(H,15,16)(H,17,18). The van der Waals surface area contributed by atoms with Crippen LogP contribution in [0, 0.1) is 19.8 Å². The SMILES string of the molecule is COc1c(C)cc(C2(C(=O)O)CC2C(=O)O)cc1C. The predicted molar refractivity (Wildman–Crippen MR) is 67.5 cm³/mol. The molecule has 102 valence electrons. The third kappa shape index (κ3) is 1.85. The lowest BCUT2D eigenvalue weighted by atomic mass is 9.90. The van der Waals surface area contributed by atoms with Gasteiger partial charge >= 0.3 is 11.9 Å². The number of ether oxygens (including phenoxy) is 1. The molecule has 0 radical (unpaired) electrons. The van der Waals surface area contributed by atoms with Crippen LogP contribution in [0.2, 0.25) is 0 Å². The first kappa shape index (κ1) is 13.4. The monoisotopic (exact) mass is 264 g/mol. The maximum absolute atomic E-state index is 11.5. The summed E-state index contributed by atoms with van der Waals surface area (Å²) in [4.78, 5) is 22.5. The van der Waals surface area contributed by atoms with Gasteiger partial charge in [-0.2, -0.15) is 0 Å². The molecular formula is C14H16O5. The minimum atomic E-state index is -1.28. The topological polar surface area (TPSA) is 83.8 Å². The third-order valence-electron chi connectivity index (χ3n) is 3.82. The highest BCUT2D eigenvalue weighted by Gasteiger charge is 2.65.